The normalized spacial score (nSPS) is 22.4. The minimum atomic E-state index is -0.359. The Morgan fingerprint density at radius 1 is 1.21 bits per heavy atom. The Balaban J connectivity index is 1.70. The van der Waals surface area contributed by atoms with E-state index < -0.39 is 0 Å². The topological polar surface area (TPSA) is 66.5 Å². The van der Waals surface area contributed by atoms with E-state index in [1.54, 1.807) is 0 Å². The average molecular weight is 349 g/mol. The number of hydrogen-bond donors (Lipinski definition) is 1. The number of halogens is 1. The van der Waals surface area contributed by atoms with E-state index in [2.05, 4.69) is 10.2 Å². The van der Waals surface area contributed by atoms with E-state index in [-0.39, 0.29) is 17.7 Å². The van der Waals surface area contributed by atoms with Gasteiger partial charge in [0, 0.05) is 36.6 Å². The van der Waals surface area contributed by atoms with Crippen molar-refractivity contribution in [2.75, 3.05) is 18.0 Å². The molecule has 0 radical (unpaired) electrons. The molecule has 0 aromatic heterocycles. The highest BCUT2D eigenvalue weighted by molar-refractivity contribution is 6.32. The number of nitrogens with one attached hydrogen (secondary N) is 1. The molecule has 1 aromatic rings. The Bertz CT molecular complexity index is 654. The molecule has 1 N–H and O–H groups in total. The second-order valence-corrected chi connectivity index (χ2v) is 6.95. The summed E-state index contributed by atoms with van der Waals surface area (Å²) in [4.78, 5) is 36.2. The predicted octanol–water partition coefficient (Wildman–Crippen LogP) is 2.67. The molecule has 6 heteroatoms. The van der Waals surface area contributed by atoms with E-state index in [0.29, 0.717) is 30.2 Å². The third-order valence-electron chi connectivity index (χ3n) is 5.01. The van der Waals surface area contributed by atoms with Gasteiger partial charge in [0.15, 0.2) is 0 Å². The number of anilines is 1. The van der Waals surface area contributed by atoms with E-state index >= 15 is 0 Å². The number of imide groups is 1. The van der Waals surface area contributed by atoms with Crippen LogP contribution in [-0.2, 0) is 14.4 Å². The highest BCUT2D eigenvalue weighted by Gasteiger charge is 2.29. The largest absolute Gasteiger partial charge is 0.371 e. The van der Waals surface area contributed by atoms with Gasteiger partial charge in [-0.15, -0.1) is 0 Å². The van der Waals surface area contributed by atoms with Crippen molar-refractivity contribution >= 4 is 35.4 Å². The van der Waals surface area contributed by atoms with Crippen LogP contribution < -0.4 is 10.2 Å². The molecule has 2 fully saturated rings. The number of rotatable bonds is 4. The van der Waals surface area contributed by atoms with Gasteiger partial charge in [-0.05, 0) is 42.9 Å². The molecule has 2 heterocycles. The maximum absolute atomic E-state index is 12.0. The van der Waals surface area contributed by atoms with Crippen LogP contribution in [0.25, 0.3) is 0 Å². The first-order valence-corrected chi connectivity index (χ1v) is 8.78. The van der Waals surface area contributed by atoms with Gasteiger partial charge in [0.05, 0.1) is 5.92 Å². The number of hydrogen-bond acceptors (Lipinski definition) is 4. The SMILES string of the molecule is O=CCC1CCN(c2ccc([C@@H]3CCC(=O)NC3=O)c(Cl)c2)CC1. The Morgan fingerprint density at radius 2 is 1.96 bits per heavy atom. The highest BCUT2D eigenvalue weighted by atomic mass is 35.5. The molecule has 128 valence electrons. The summed E-state index contributed by atoms with van der Waals surface area (Å²) in [6, 6.07) is 5.79. The lowest BCUT2D eigenvalue weighted by Crippen LogP contribution is -2.39. The minimum Gasteiger partial charge on any atom is -0.371 e. The zero-order chi connectivity index (χ0) is 17.1. The van der Waals surface area contributed by atoms with Crippen molar-refractivity contribution in [2.24, 2.45) is 5.92 Å². The van der Waals surface area contributed by atoms with Crippen molar-refractivity contribution < 1.29 is 14.4 Å². The summed E-state index contributed by atoms with van der Waals surface area (Å²) in [6.07, 6.45) is 4.51. The van der Waals surface area contributed by atoms with Gasteiger partial charge in [0.25, 0.3) is 0 Å². The molecular weight excluding hydrogens is 328 g/mol. The maximum atomic E-state index is 12.0. The van der Waals surface area contributed by atoms with E-state index in [9.17, 15) is 14.4 Å². The van der Waals surface area contributed by atoms with Gasteiger partial charge in [-0.1, -0.05) is 17.7 Å². The molecule has 0 saturated carbocycles. The number of amides is 2. The Hall–Kier alpha value is -1.88. The molecule has 1 atom stereocenters. The molecule has 24 heavy (non-hydrogen) atoms. The number of carbonyl (C=O) groups excluding carboxylic acids is 3. The fraction of sp³-hybridized carbons (Fsp3) is 0.500. The number of aldehydes is 1. The summed E-state index contributed by atoms with van der Waals surface area (Å²) >= 11 is 6.42. The fourth-order valence-corrected chi connectivity index (χ4v) is 3.86. The van der Waals surface area contributed by atoms with Gasteiger partial charge in [-0.25, -0.2) is 0 Å². The van der Waals surface area contributed by atoms with Gasteiger partial charge in [-0.2, -0.15) is 0 Å². The summed E-state index contributed by atoms with van der Waals surface area (Å²) < 4.78 is 0. The van der Waals surface area contributed by atoms with Gasteiger partial charge >= 0.3 is 0 Å². The van der Waals surface area contributed by atoms with Crippen molar-refractivity contribution in [3.8, 4) is 0 Å². The second kappa shape index (κ2) is 7.34. The van der Waals surface area contributed by atoms with Gasteiger partial charge < -0.3 is 9.69 Å². The molecule has 2 amide bonds. The fourth-order valence-electron chi connectivity index (χ4n) is 3.55. The first-order valence-electron chi connectivity index (χ1n) is 8.40. The van der Waals surface area contributed by atoms with Crippen LogP contribution in [0.5, 0.6) is 0 Å². The monoisotopic (exact) mass is 348 g/mol. The summed E-state index contributed by atoms with van der Waals surface area (Å²) in [7, 11) is 0. The van der Waals surface area contributed by atoms with Crippen LogP contribution in [0.2, 0.25) is 5.02 Å². The second-order valence-electron chi connectivity index (χ2n) is 6.54. The Morgan fingerprint density at radius 3 is 2.58 bits per heavy atom. The highest BCUT2D eigenvalue weighted by Crippen LogP contribution is 2.34. The van der Waals surface area contributed by atoms with Crippen LogP contribution in [0.15, 0.2) is 18.2 Å². The zero-order valence-electron chi connectivity index (χ0n) is 13.5. The summed E-state index contributed by atoms with van der Waals surface area (Å²) in [5.41, 5.74) is 1.82. The third kappa shape index (κ3) is 3.61. The smallest absolute Gasteiger partial charge is 0.234 e. The molecule has 1 aromatic carbocycles. The van der Waals surface area contributed by atoms with Crippen molar-refractivity contribution in [1.29, 1.82) is 0 Å². The van der Waals surface area contributed by atoms with E-state index in [1.165, 1.54) is 0 Å². The average Bonchev–Trinajstić information content (AvgIpc) is 2.56. The zero-order valence-corrected chi connectivity index (χ0v) is 14.2. The lowest BCUT2D eigenvalue weighted by atomic mass is 9.90. The van der Waals surface area contributed by atoms with E-state index in [1.807, 2.05) is 18.2 Å². The molecule has 0 bridgehead atoms. The third-order valence-corrected chi connectivity index (χ3v) is 5.34. The van der Waals surface area contributed by atoms with Crippen LogP contribution in [0.4, 0.5) is 5.69 Å². The molecule has 3 rings (SSSR count). The van der Waals surface area contributed by atoms with Crippen molar-refractivity contribution in [3.05, 3.63) is 28.8 Å². The molecular formula is C18H21ClN2O3. The minimum absolute atomic E-state index is 0.220. The standard InChI is InChI=1S/C18H21ClN2O3/c19-16-11-13(21-8-5-12(6-9-21)7-10-22)1-2-14(16)15-3-4-17(23)20-18(15)24/h1-2,10-12,15H,3-9H2,(H,20,23,24)/t15-/m0/s1. The predicted molar refractivity (Wildman–Crippen MR) is 92.2 cm³/mol. The lowest BCUT2D eigenvalue weighted by molar-refractivity contribution is -0.134. The van der Waals surface area contributed by atoms with Crippen LogP contribution in [0, 0.1) is 5.92 Å². The lowest BCUT2D eigenvalue weighted by Gasteiger charge is -2.33. The van der Waals surface area contributed by atoms with Gasteiger partial charge in [0.1, 0.15) is 6.29 Å². The van der Waals surface area contributed by atoms with Crippen molar-refractivity contribution in [1.82, 2.24) is 5.32 Å². The summed E-state index contributed by atoms with van der Waals surface area (Å²) in [5, 5.41) is 2.94. The van der Waals surface area contributed by atoms with Crippen LogP contribution >= 0.6 is 11.6 Å². The van der Waals surface area contributed by atoms with E-state index in [4.69, 9.17) is 11.6 Å². The Labute approximate surface area is 146 Å². The number of nitrogens with zero attached hydrogens (tertiary/aromatic N) is 1. The first-order chi connectivity index (χ1) is 11.6. The van der Waals surface area contributed by atoms with Crippen LogP contribution in [0.3, 0.4) is 0 Å². The number of piperidine rings is 2. The molecule has 2 aliphatic heterocycles. The quantitative estimate of drug-likeness (QED) is 0.671. The van der Waals surface area contributed by atoms with Crippen molar-refractivity contribution in [3.63, 3.8) is 0 Å². The Kier molecular flexibility index (Phi) is 5.19. The molecule has 5 nitrogen and oxygen atoms in total. The molecule has 2 saturated heterocycles. The maximum Gasteiger partial charge on any atom is 0.234 e. The summed E-state index contributed by atoms with van der Waals surface area (Å²) in [6.45, 7) is 1.82. The number of benzene rings is 1. The van der Waals surface area contributed by atoms with Crippen molar-refractivity contribution in [2.45, 2.75) is 38.0 Å². The summed E-state index contributed by atoms with van der Waals surface area (Å²) in [5.74, 6) is -0.364. The number of carbonyl (C=O) groups is 3. The first kappa shape index (κ1) is 17.0. The van der Waals surface area contributed by atoms with Gasteiger partial charge in [-0.3, -0.25) is 14.9 Å². The molecule has 0 spiro atoms. The molecule has 2 aliphatic rings. The van der Waals surface area contributed by atoms with Gasteiger partial charge in [0.2, 0.25) is 11.8 Å². The molecule has 0 aliphatic carbocycles. The van der Waals surface area contributed by atoms with Crippen LogP contribution in [0.1, 0.15) is 43.6 Å². The van der Waals surface area contributed by atoms with Crippen LogP contribution in [-0.4, -0.2) is 31.2 Å². The van der Waals surface area contributed by atoms with E-state index in [0.717, 1.165) is 43.5 Å². The molecule has 0 unspecified atom stereocenters.